The molecular weight excluding hydrogens is 348 g/mol. The molecule has 26 heavy (non-hydrogen) atoms. The first kappa shape index (κ1) is 19.2. The monoisotopic (exact) mass is 378 g/mol. The number of aliphatic imine (C=N–C) groups is 1. The Balaban J connectivity index is 1.68. The second-order valence-electron chi connectivity index (χ2n) is 7.48. The normalized spacial score (nSPS) is 19.6. The van der Waals surface area contributed by atoms with Crippen molar-refractivity contribution in [2.75, 3.05) is 26.7 Å². The molecule has 2 fully saturated rings. The molecule has 0 aromatic heterocycles. The maximum absolute atomic E-state index is 11.7. The molecule has 1 aliphatic carbocycles. The average Bonchev–Trinajstić information content (AvgIpc) is 3.04. The molecule has 1 saturated carbocycles. The standard InChI is InChI=1S/C19H30N4O2S/c1-3-21-18(23-11-10-19(15-23)8-5-9-19)22-13-16-6-4-7-17(12-16)14-26(24,25)20-2/h4,6-7,12,20H,3,5,8-11,13-15H2,1-2H3,(H,21,22). The van der Waals surface area contributed by atoms with E-state index >= 15 is 0 Å². The van der Waals surface area contributed by atoms with E-state index in [1.54, 1.807) is 0 Å². The first-order valence-electron chi connectivity index (χ1n) is 9.48. The van der Waals surface area contributed by atoms with E-state index in [1.165, 1.54) is 32.7 Å². The first-order chi connectivity index (χ1) is 12.5. The highest BCUT2D eigenvalue weighted by Gasteiger charge is 2.43. The largest absolute Gasteiger partial charge is 0.357 e. The second kappa shape index (κ2) is 7.96. The van der Waals surface area contributed by atoms with Crippen LogP contribution in [-0.2, 0) is 22.3 Å². The van der Waals surface area contributed by atoms with Crippen LogP contribution in [0, 0.1) is 5.41 Å². The van der Waals surface area contributed by atoms with Crippen LogP contribution in [0.4, 0.5) is 0 Å². The van der Waals surface area contributed by atoms with Gasteiger partial charge in [-0.15, -0.1) is 0 Å². The number of benzene rings is 1. The number of sulfonamides is 1. The summed E-state index contributed by atoms with van der Waals surface area (Å²) >= 11 is 0. The molecule has 0 unspecified atom stereocenters. The van der Waals surface area contributed by atoms with Crippen molar-refractivity contribution in [3.05, 3.63) is 35.4 Å². The summed E-state index contributed by atoms with van der Waals surface area (Å²) in [4.78, 5) is 7.20. The molecule has 7 heteroatoms. The van der Waals surface area contributed by atoms with Crippen molar-refractivity contribution in [2.24, 2.45) is 10.4 Å². The van der Waals surface area contributed by atoms with Crippen molar-refractivity contribution >= 4 is 16.0 Å². The summed E-state index contributed by atoms with van der Waals surface area (Å²) in [6, 6.07) is 7.67. The van der Waals surface area contributed by atoms with Gasteiger partial charge in [-0.25, -0.2) is 18.1 Å². The molecule has 3 rings (SSSR count). The molecule has 1 saturated heterocycles. The Kier molecular flexibility index (Phi) is 5.87. The average molecular weight is 379 g/mol. The lowest BCUT2D eigenvalue weighted by molar-refractivity contribution is 0.151. The van der Waals surface area contributed by atoms with Gasteiger partial charge in [0, 0.05) is 19.6 Å². The van der Waals surface area contributed by atoms with Gasteiger partial charge in [-0.3, -0.25) is 0 Å². The molecule has 0 bridgehead atoms. The zero-order valence-corrected chi connectivity index (χ0v) is 16.6. The lowest BCUT2D eigenvalue weighted by Crippen LogP contribution is -2.42. The van der Waals surface area contributed by atoms with Crippen molar-refractivity contribution in [2.45, 2.75) is 44.9 Å². The third-order valence-electron chi connectivity index (χ3n) is 5.56. The van der Waals surface area contributed by atoms with Crippen LogP contribution in [0.15, 0.2) is 29.3 Å². The SMILES string of the molecule is CCNC(=NCc1cccc(CS(=O)(=O)NC)c1)N1CCC2(CCC2)C1. The van der Waals surface area contributed by atoms with Gasteiger partial charge in [-0.05, 0) is 49.8 Å². The molecule has 2 aliphatic rings. The number of rotatable bonds is 6. The molecule has 2 N–H and O–H groups in total. The van der Waals surface area contributed by atoms with Crippen LogP contribution < -0.4 is 10.0 Å². The summed E-state index contributed by atoms with van der Waals surface area (Å²) in [6.45, 7) is 5.68. The predicted molar refractivity (Wildman–Crippen MR) is 105 cm³/mol. The zero-order valence-electron chi connectivity index (χ0n) is 15.8. The van der Waals surface area contributed by atoms with E-state index in [0.29, 0.717) is 12.0 Å². The maximum Gasteiger partial charge on any atom is 0.215 e. The fourth-order valence-corrected chi connectivity index (χ4v) is 4.66. The van der Waals surface area contributed by atoms with Crippen molar-refractivity contribution in [3.8, 4) is 0 Å². The molecule has 144 valence electrons. The van der Waals surface area contributed by atoms with Gasteiger partial charge in [0.05, 0.1) is 12.3 Å². The minimum atomic E-state index is -3.26. The molecule has 6 nitrogen and oxygen atoms in total. The van der Waals surface area contributed by atoms with Gasteiger partial charge in [0.1, 0.15) is 0 Å². The van der Waals surface area contributed by atoms with Crippen LogP contribution in [-0.4, -0.2) is 46.0 Å². The third-order valence-corrected chi connectivity index (χ3v) is 6.89. The molecule has 1 aromatic rings. The highest BCUT2D eigenvalue weighted by atomic mass is 32.2. The topological polar surface area (TPSA) is 73.8 Å². The fraction of sp³-hybridized carbons (Fsp3) is 0.632. The first-order valence-corrected chi connectivity index (χ1v) is 11.1. The van der Waals surface area contributed by atoms with Gasteiger partial charge in [0.25, 0.3) is 0 Å². The van der Waals surface area contributed by atoms with Gasteiger partial charge in [0.2, 0.25) is 10.0 Å². The second-order valence-corrected chi connectivity index (χ2v) is 9.40. The van der Waals surface area contributed by atoms with Crippen LogP contribution in [0.1, 0.15) is 43.7 Å². The zero-order chi connectivity index (χ0) is 18.6. The molecule has 0 atom stereocenters. The molecule has 1 heterocycles. The van der Waals surface area contributed by atoms with Crippen LogP contribution in [0.2, 0.25) is 0 Å². The molecule has 1 aromatic carbocycles. The summed E-state index contributed by atoms with van der Waals surface area (Å²) in [5.41, 5.74) is 2.35. The number of likely N-dealkylation sites (tertiary alicyclic amines) is 1. The summed E-state index contributed by atoms with van der Waals surface area (Å²) in [5, 5.41) is 3.41. The lowest BCUT2D eigenvalue weighted by Gasteiger charge is -2.38. The van der Waals surface area contributed by atoms with Crippen LogP contribution in [0.25, 0.3) is 0 Å². The van der Waals surface area contributed by atoms with E-state index in [2.05, 4.69) is 21.9 Å². The Morgan fingerprint density at radius 2 is 2.04 bits per heavy atom. The van der Waals surface area contributed by atoms with Gasteiger partial charge < -0.3 is 10.2 Å². The van der Waals surface area contributed by atoms with Crippen molar-refractivity contribution < 1.29 is 8.42 Å². The number of guanidine groups is 1. The summed E-state index contributed by atoms with van der Waals surface area (Å²) in [5.74, 6) is 0.972. The quantitative estimate of drug-likeness (QED) is 0.587. The van der Waals surface area contributed by atoms with Gasteiger partial charge >= 0.3 is 0 Å². The van der Waals surface area contributed by atoms with Crippen molar-refractivity contribution in [3.63, 3.8) is 0 Å². The van der Waals surface area contributed by atoms with E-state index in [1.807, 2.05) is 24.3 Å². The van der Waals surface area contributed by atoms with Crippen molar-refractivity contribution in [1.29, 1.82) is 0 Å². The van der Waals surface area contributed by atoms with Gasteiger partial charge in [0.15, 0.2) is 5.96 Å². The van der Waals surface area contributed by atoms with Crippen LogP contribution in [0.5, 0.6) is 0 Å². The number of nitrogens with zero attached hydrogens (tertiary/aromatic N) is 2. The molecule has 0 amide bonds. The third kappa shape index (κ3) is 4.57. The summed E-state index contributed by atoms with van der Waals surface area (Å²) in [6.07, 6.45) is 5.34. The lowest BCUT2D eigenvalue weighted by atomic mass is 9.68. The smallest absolute Gasteiger partial charge is 0.215 e. The Morgan fingerprint density at radius 1 is 1.27 bits per heavy atom. The Labute approximate surface area is 157 Å². The predicted octanol–water partition coefficient (Wildman–Crippen LogP) is 2.08. The van der Waals surface area contributed by atoms with E-state index in [0.717, 1.165) is 36.7 Å². The van der Waals surface area contributed by atoms with Crippen LogP contribution >= 0.6 is 0 Å². The number of hydrogen-bond donors (Lipinski definition) is 2. The minimum Gasteiger partial charge on any atom is -0.357 e. The number of nitrogens with one attached hydrogen (secondary N) is 2. The number of hydrogen-bond acceptors (Lipinski definition) is 3. The minimum absolute atomic E-state index is 0.00420. The van der Waals surface area contributed by atoms with Gasteiger partial charge in [-0.1, -0.05) is 30.7 Å². The van der Waals surface area contributed by atoms with E-state index in [9.17, 15) is 8.42 Å². The summed E-state index contributed by atoms with van der Waals surface area (Å²) in [7, 11) is -1.82. The van der Waals surface area contributed by atoms with E-state index < -0.39 is 10.0 Å². The fourth-order valence-electron chi connectivity index (χ4n) is 3.90. The highest BCUT2D eigenvalue weighted by Crippen LogP contribution is 2.47. The van der Waals surface area contributed by atoms with Crippen LogP contribution in [0.3, 0.4) is 0 Å². The molecule has 1 spiro atoms. The summed E-state index contributed by atoms with van der Waals surface area (Å²) < 4.78 is 25.8. The van der Waals surface area contributed by atoms with Gasteiger partial charge in [-0.2, -0.15) is 0 Å². The maximum atomic E-state index is 11.7. The van der Waals surface area contributed by atoms with E-state index in [-0.39, 0.29) is 5.75 Å². The Hall–Kier alpha value is -1.60. The van der Waals surface area contributed by atoms with Crippen molar-refractivity contribution in [1.82, 2.24) is 14.9 Å². The Morgan fingerprint density at radius 3 is 2.65 bits per heavy atom. The van der Waals surface area contributed by atoms with E-state index in [4.69, 9.17) is 4.99 Å². The molecule has 0 radical (unpaired) electrons. The molecular formula is C19H30N4O2S. The Bertz CT molecular complexity index is 757. The molecule has 1 aliphatic heterocycles. The highest BCUT2D eigenvalue weighted by molar-refractivity contribution is 7.88.